The van der Waals surface area contributed by atoms with Gasteiger partial charge >= 0.3 is 0 Å². The Labute approximate surface area is 135 Å². The molecule has 0 spiro atoms. The summed E-state index contributed by atoms with van der Waals surface area (Å²) in [5.41, 5.74) is 0. The third kappa shape index (κ3) is 6.54. The second-order valence-corrected chi connectivity index (χ2v) is 13.0. The van der Waals surface area contributed by atoms with Crippen molar-refractivity contribution in [3.05, 3.63) is 0 Å². The maximum Gasteiger partial charge on any atom is 0.262 e. The molecule has 0 N–H and O–H groups in total. The lowest BCUT2D eigenvalue weighted by atomic mass is 10.4. The summed E-state index contributed by atoms with van der Waals surface area (Å²) in [5.74, 6) is -1.24. The quantitative estimate of drug-likeness (QED) is 0.515. The molecule has 0 fully saturated rings. The van der Waals surface area contributed by atoms with Crippen molar-refractivity contribution in [1.82, 2.24) is 0 Å². The molecule has 0 radical (unpaired) electrons. The molecular formula is C13H28O6S3. The molecule has 0 atom stereocenters. The van der Waals surface area contributed by atoms with Crippen LogP contribution in [0, 0.1) is 0 Å². The van der Waals surface area contributed by atoms with Crippen LogP contribution in [0.4, 0.5) is 0 Å². The van der Waals surface area contributed by atoms with E-state index in [1.807, 2.05) is 0 Å². The van der Waals surface area contributed by atoms with Gasteiger partial charge < -0.3 is 0 Å². The minimum absolute atomic E-state index is 0.255. The number of unbranched alkanes of at least 4 members (excludes halogenated alkanes) is 3. The van der Waals surface area contributed by atoms with Crippen molar-refractivity contribution in [3.63, 3.8) is 0 Å². The van der Waals surface area contributed by atoms with E-state index in [1.165, 1.54) is 0 Å². The van der Waals surface area contributed by atoms with Crippen molar-refractivity contribution < 1.29 is 25.3 Å². The summed E-state index contributed by atoms with van der Waals surface area (Å²) in [6, 6.07) is 0. The first-order chi connectivity index (χ1) is 10.0. The Balaban J connectivity index is 5.80. The highest BCUT2D eigenvalue weighted by atomic mass is 32.3. The first-order valence-corrected chi connectivity index (χ1v) is 12.8. The minimum Gasteiger partial charge on any atom is -0.226 e. The van der Waals surface area contributed by atoms with E-state index in [9.17, 15) is 25.3 Å². The van der Waals surface area contributed by atoms with Crippen LogP contribution in [0.15, 0.2) is 0 Å². The van der Waals surface area contributed by atoms with Crippen LogP contribution in [-0.2, 0) is 29.5 Å². The van der Waals surface area contributed by atoms with Gasteiger partial charge in [-0.25, -0.2) is 25.3 Å². The topological polar surface area (TPSA) is 102 Å². The van der Waals surface area contributed by atoms with Gasteiger partial charge in [-0.05, 0) is 19.3 Å². The average Bonchev–Trinajstić information content (AvgIpc) is 2.39. The monoisotopic (exact) mass is 376 g/mol. The maximum atomic E-state index is 12.4. The Bertz CT molecular complexity index is 526. The molecule has 6 nitrogen and oxygen atoms in total. The Morgan fingerprint density at radius 2 is 0.773 bits per heavy atom. The van der Waals surface area contributed by atoms with Crippen molar-refractivity contribution in [2.45, 2.75) is 63.2 Å². The Morgan fingerprint density at radius 3 is 0.955 bits per heavy atom. The fourth-order valence-electron chi connectivity index (χ4n) is 2.00. The molecule has 0 aromatic heterocycles. The largest absolute Gasteiger partial charge is 0.262 e. The van der Waals surface area contributed by atoms with Crippen molar-refractivity contribution in [2.75, 3.05) is 17.3 Å². The molecular weight excluding hydrogens is 348 g/mol. The van der Waals surface area contributed by atoms with E-state index >= 15 is 0 Å². The maximum absolute atomic E-state index is 12.4. The van der Waals surface area contributed by atoms with Gasteiger partial charge in [-0.3, -0.25) is 0 Å². The van der Waals surface area contributed by atoms with Crippen LogP contribution < -0.4 is 0 Å². The highest BCUT2D eigenvalue weighted by Crippen LogP contribution is 2.22. The number of rotatable bonds is 12. The molecule has 0 saturated carbocycles. The lowest BCUT2D eigenvalue weighted by Gasteiger charge is -2.18. The smallest absolute Gasteiger partial charge is 0.226 e. The van der Waals surface area contributed by atoms with Crippen molar-refractivity contribution in [2.24, 2.45) is 0 Å². The molecule has 9 heteroatoms. The van der Waals surface area contributed by atoms with Crippen LogP contribution in [0.2, 0.25) is 0 Å². The Morgan fingerprint density at radius 1 is 0.545 bits per heavy atom. The Hall–Kier alpha value is -0.150. The highest BCUT2D eigenvalue weighted by Gasteiger charge is 2.46. The van der Waals surface area contributed by atoms with Gasteiger partial charge in [0, 0.05) is 0 Å². The molecule has 0 aliphatic carbocycles. The summed E-state index contributed by atoms with van der Waals surface area (Å²) in [5, 5.41) is 0. The molecule has 0 aliphatic heterocycles. The van der Waals surface area contributed by atoms with Gasteiger partial charge in [0.1, 0.15) is 0 Å². The van der Waals surface area contributed by atoms with Gasteiger partial charge in [-0.2, -0.15) is 0 Å². The molecule has 0 unspecified atom stereocenters. The molecule has 0 aliphatic rings. The number of sulfone groups is 3. The molecule has 0 heterocycles. The molecule has 0 aromatic carbocycles. The van der Waals surface area contributed by atoms with Crippen LogP contribution in [-0.4, -0.2) is 46.4 Å². The predicted octanol–water partition coefficient (Wildman–Crippen LogP) is 1.91. The van der Waals surface area contributed by atoms with Crippen molar-refractivity contribution in [1.29, 1.82) is 0 Å². The van der Waals surface area contributed by atoms with E-state index < -0.39 is 50.7 Å². The lowest BCUT2D eigenvalue weighted by molar-refractivity contribution is 0.569. The predicted molar refractivity (Wildman–Crippen MR) is 89.9 cm³/mol. The zero-order chi connectivity index (χ0) is 17.4. The van der Waals surface area contributed by atoms with Crippen LogP contribution >= 0.6 is 0 Å². The fraction of sp³-hybridized carbons (Fsp3) is 1.00. The van der Waals surface area contributed by atoms with Gasteiger partial charge in [0.15, 0.2) is 29.5 Å². The summed E-state index contributed by atoms with van der Waals surface area (Å²) >= 11 is 0. The van der Waals surface area contributed by atoms with Crippen molar-refractivity contribution >= 4 is 29.5 Å². The van der Waals surface area contributed by atoms with E-state index in [1.54, 1.807) is 20.8 Å². The number of hydrogen-bond acceptors (Lipinski definition) is 6. The second-order valence-electron chi connectivity index (χ2n) is 5.45. The first kappa shape index (κ1) is 21.9. The Kier molecular flexibility index (Phi) is 9.16. The summed E-state index contributed by atoms with van der Waals surface area (Å²) in [4.78, 5) is 0. The normalized spacial score (nSPS) is 13.6. The van der Waals surface area contributed by atoms with E-state index in [0.29, 0.717) is 19.3 Å². The fourth-order valence-corrected chi connectivity index (χ4v) is 11.7. The van der Waals surface area contributed by atoms with E-state index in [4.69, 9.17) is 0 Å². The average molecular weight is 377 g/mol. The van der Waals surface area contributed by atoms with Gasteiger partial charge in [-0.15, -0.1) is 0 Å². The van der Waals surface area contributed by atoms with Crippen LogP contribution in [0.5, 0.6) is 0 Å². The third-order valence-electron chi connectivity index (χ3n) is 3.23. The van der Waals surface area contributed by atoms with Gasteiger partial charge in [0.05, 0.1) is 17.3 Å². The van der Waals surface area contributed by atoms with Crippen LogP contribution in [0.3, 0.4) is 0 Å². The molecule has 0 amide bonds. The van der Waals surface area contributed by atoms with E-state index in [-0.39, 0.29) is 19.3 Å². The zero-order valence-electron chi connectivity index (χ0n) is 13.6. The van der Waals surface area contributed by atoms with Crippen LogP contribution in [0.25, 0.3) is 0 Å². The lowest BCUT2D eigenvalue weighted by Crippen LogP contribution is -2.41. The van der Waals surface area contributed by atoms with Gasteiger partial charge in [0.25, 0.3) is 3.91 Å². The SMILES string of the molecule is CCCCS(=O)(=O)C(S(=O)(=O)CCCC)S(=O)(=O)CCCC. The molecule has 22 heavy (non-hydrogen) atoms. The van der Waals surface area contributed by atoms with Crippen LogP contribution in [0.1, 0.15) is 59.3 Å². The molecule has 0 saturated heterocycles. The summed E-state index contributed by atoms with van der Waals surface area (Å²) in [6.45, 7) is 5.30. The molecule has 0 bridgehead atoms. The van der Waals surface area contributed by atoms with E-state index in [0.717, 1.165) is 0 Å². The third-order valence-corrected chi connectivity index (χ3v) is 12.8. The minimum atomic E-state index is -4.24. The molecule has 134 valence electrons. The summed E-state index contributed by atoms with van der Waals surface area (Å²) in [7, 11) is -12.7. The van der Waals surface area contributed by atoms with E-state index in [2.05, 4.69) is 0 Å². The highest BCUT2D eigenvalue weighted by molar-refractivity contribution is 8.24. The summed E-state index contributed by atoms with van der Waals surface area (Å²) in [6.07, 6.45) is 2.42. The second kappa shape index (κ2) is 9.22. The van der Waals surface area contributed by atoms with Gasteiger partial charge in [-0.1, -0.05) is 40.0 Å². The van der Waals surface area contributed by atoms with Crippen molar-refractivity contribution in [3.8, 4) is 0 Å². The number of hydrogen-bond donors (Lipinski definition) is 0. The molecule has 0 aromatic rings. The molecule has 0 rings (SSSR count). The zero-order valence-corrected chi connectivity index (χ0v) is 16.1. The first-order valence-electron chi connectivity index (χ1n) is 7.69. The summed E-state index contributed by atoms with van der Waals surface area (Å²) < 4.78 is 71.8. The standard InChI is InChI=1S/C13H28O6S3/c1-4-7-10-20(14,15)13(21(16,17)11-8-5-2)22(18,19)12-9-6-3/h13H,4-12H2,1-3H3. The van der Waals surface area contributed by atoms with Gasteiger partial charge in [0.2, 0.25) is 0 Å².